The number of amides is 2. The second-order valence-electron chi connectivity index (χ2n) is 9.47. The quantitative estimate of drug-likeness (QED) is 0.583. The number of piperazine rings is 1. The Morgan fingerprint density at radius 1 is 1.03 bits per heavy atom. The van der Waals surface area contributed by atoms with Crippen LogP contribution in [0.25, 0.3) is 21.5 Å². The number of nitrogen functional groups attached to an aromatic ring is 1. The van der Waals surface area contributed by atoms with Crippen molar-refractivity contribution in [2.75, 3.05) is 36.8 Å². The molecule has 3 saturated heterocycles. The van der Waals surface area contributed by atoms with Crippen molar-refractivity contribution in [3.63, 3.8) is 0 Å². The summed E-state index contributed by atoms with van der Waals surface area (Å²) in [7, 11) is 0. The fraction of sp³-hybridized carbons (Fsp3) is 0.522. The van der Waals surface area contributed by atoms with Gasteiger partial charge in [-0.05, 0) is 37.5 Å². The molecule has 10 nitrogen and oxygen atoms in total. The van der Waals surface area contributed by atoms with E-state index in [0.29, 0.717) is 25.2 Å². The molecule has 0 spiro atoms. The number of hydrogen-bond donors (Lipinski definition) is 2. The summed E-state index contributed by atoms with van der Waals surface area (Å²) in [6.45, 7) is 3.69. The zero-order valence-electron chi connectivity index (χ0n) is 19.1. The van der Waals surface area contributed by atoms with E-state index < -0.39 is 0 Å². The topological polar surface area (TPSA) is 130 Å². The Labute approximate surface area is 202 Å². The van der Waals surface area contributed by atoms with Crippen LogP contribution in [-0.2, 0) is 6.54 Å². The van der Waals surface area contributed by atoms with Crippen LogP contribution in [-0.4, -0.2) is 74.0 Å². The van der Waals surface area contributed by atoms with Gasteiger partial charge in [0.05, 0.1) is 15.9 Å². The third-order valence-electron chi connectivity index (χ3n) is 7.43. The van der Waals surface area contributed by atoms with E-state index in [9.17, 15) is 4.79 Å². The molecule has 6 heterocycles. The average Bonchev–Trinajstić information content (AvgIpc) is 3.36. The summed E-state index contributed by atoms with van der Waals surface area (Å²) in [6, 6.07) is 0.705. The van der Waals surface area contributed by atoms with Gasteiger partial charge >= 0.3 is 6.03 Å². The molecule has 4 N–H and O–H groups in total. The maximum Gasteiger partial charge on any atom is 0.314 e. The smallest absolute Gasteiger partial charge is 0.314 e. The third-order valence-corrected chi connectivity index (χ3v) is 8.45. The molecule has 3 aliphatic rings. The predicted octanol–water partition coefficient (Wildman–Crippen LogP) is 2.45. The number of rotatable bonds is 4. The van der Waals surface area contributed by atoms with Gasteiger partial charge in [-0.15, -0.1) is 11.3 Å². The third kappa shape index (κ3) is 3.82. The van der Waals surface area contributed by atoms with Gasteiger partial charge in [-0.1, -0.05) is 0 Å². The van der Waals surface area contributed by atoms with Gasteiger partial charge in [0, 0.05) is 68.3 Å². The van der Waals surface area contributed by atoms with Crippen molar-refractivity contribution < 1.29 is 4.79 Å². The van der Waals surface area contributed by atoms with Crippen LogP contribution in [0, 0.1) is 0 Å². The Kier molecular flexibility index (Phi) is 5.45. The van der Waals surface area contributed by atoms with E-state index >= 15 is 0 Å². The van der Waals surface area contributed by atoms with Gasteiger partial charge in [0.25, 0.3) is 0 Å². The minimum Gasteiger partial charge on any atom is -0.368 e. The number of primary amides is 1. The van der Waals surface area contributed by atoms with Crippen molar-refractivity contribution in [2.45, 2.75) is 50.7 Å². The molecule has 3 fully saturated rings. The van der Waals surface area contributed by atoms with E-state index in [4.69, 9.17) is 21.4 Å². The van der Waals surface area contributed by atoms with E-state index in [2.05, 4.69) is 25.1 Å². The maximum absolute atomic E-state index is 11.5. The Bertz CT molecular complexity index is 1190. The van der Waals surface area contributed by atoms with Gasteiger partial charge < -0.3 is 21.3 Å². The number of thiophene rings is 1. The summed E-state index contributed by atoms with van der Waals surface area (Å²) < 4.78 is 1.05. The number of aromatic nitrogens is 4. The highest BCUT2D eigenvalue weighted by molar-refractivity contribution is 7.17. The molecule has 2 bridgehead atoms. The van der Waals surface area contributed by atoms with Crippen LogP contribution in [0.15, 0.2) is 17.8 Å². The number of hydrogen-bond acceptors (Lipinski definition) is 9. The van der Waals surface area contributed by atoms with Crippen LogP contribution in [0.3, 0.4) is 0 Å². The van der Waals surface area contributed by atoms with Gasteiger partial charge in [-0.3, -0.25) is 4.90 Å². The van der Waals surface area contributed by atoms with Crippen LogP contribution >= 0.6 is 11.3 Å². The monoisotopic (exact) mass is 479 g/mol. The molecule has 2 atom stereocenters. The van der Waals surface area contributed by atoms with Crippen molar-refractivity contribution in [2.24, 2.45) is 5.73 Å². The summed E-state index contributed by atoms with van der Waals surface area (Å²) in [6.07, 6.45) is 9.63. The molecule has 178 valence electrons. The van der Waals surface area contributed by atoms with Crippen LogP contribution < -0.4 is 16.4 Å². The molecule has 11 heteroatoms. The molecule has 0 aliphatic carbocycles. The molecule has 2 unspecified atom stereocenters. The predicted molar refractivity (Wildman–Crippen MR) is 132 cm³/mol. The Morgan fingerprint density at radius 3 is 2.41 bits per heavy atom. The van der Waals surface area contributed by atoms with Gasteiger partial charge in [0.2, 0.25) is 11.9 Å². The van der Waals surface area contributed by atoms with E-state index in [1.807, 2.05) is 0 Å². The summed E-state index contributed by atoms with van der Waals surface area (Å²) >= 11 is 1.66. The van der Waals surface area contributed by atoms with Gasteiger partial charge in [0.15, 0.2) is 0 Å². The first-order chi connectivity index (χ1) is 16.6. The molecule has 3 aliphatic heterocycles. The number of nitrogens with two attached hydrogens (primary N) is 2. The van der Waals surface area contributed by atoms with Crippen molar-refractivity contribution in [1.29, 1.82) is 0 Å². The van der Waals surface area contributed by atoms with Crippen molar-refractivity contribution in [1.82, 2.24) is 29.7 Å². The first-order valence-corrected chi connectivity index (χ1v) is 12.9. The summed E-state index contributed by atoms with van der Waals surface area (Å²) in [5.74, 6) is 1.08. The van der Waals surface area contributed by atoms with Crippen molar-refractivity contribution in [3.05, 3.63) is 23.3 Å². The first kappa shape index (κ1) is 21.5. The highest BCUT2D eigenvalue weighted by Crippen LogP contribution is 2.41. The van der Waals surface area contributed by atoms with Crippen molar-refractivity contribution in [3.8, 4) is 11.3 Å². The lowest BCUT2D eigenvalue weighted by molar-refractivity contribution is 0.141. The lowest BCUT2D eigenvalue weighted by atomic mass is 10.0. The number of carbonyl (C=O) groups is 1. The van der Waals surface area contributed by atoms with Crippen molar-refractivity contribution >= 4 is 39.5 Å². The number of nitrogens with zero attached hydrogens (tertiary/aromatic N) is 7. The highest BCUT2D eigenvalue weighted by atomic mass is 32.1. The Morgan fingerprint density at radius 2 is 1.74 bits per heavy atom. The zero-order chi connectivity index (χ0) is 23.2. The number of fused-ring (bicyclic) bond motifs is 3. The van der Waals surface area contributed by atoms with Crippen LogP contribution in [0.1, 0.15) is 37.7 Å². The molecule has 0 radical (unpaired) electrons. The molecule has 6 rings (SSSR count). The summed E-state index contributed by atoms with van der Waals surface area (Å²) in [4.78, 5) is 36.7. The van der Waals surface area contributed by atoms with Crippen LogP contribution in [0.5, 0.6) is 0 Å². The molecule has 0 aromatic carbocycles. The summed E-state index contributed by atoms with van der Waals surface area (Å²) in [5, 5.41) is 2.19. The SMILES string of the molecule is NC(=O)N1CCN(Cc2csc3c(-c4cnc(N)nc4)nc(N4C5CCCC4CC5)nc23)CC1. The number of piperidine rings is 1. The van der Waals surface area contributed by atoms with E-state index in [1.165, 1.54) is 37.7 Å². The Balaban J connectivity index is 1.38. The van der Waals surface area contributed by atoms with E-state index in [1.54, 1.807) is 28.6 Å². The Hall–Kier alpha value is -3.05. The first-order valence-electron chi connectivity index (χ1n) is 12.0. The maximum atomic E-state index is 11.5. The fourth-order valence-electron chi connectivity index (χ4n) is 5.65. The minimum atomic E-state index is -0.343. The molecular weight excluding hydrogens is 450 g/mol. The number of carbonyl (C=O) groups excluding carboxylic acids is 1. The normalized spacial score (nSPS) is 23.1. The molecule has 2 amide bonds. The molecule has 3 aromatic rings. The van der Waals surface area contributed by atoms with Crippen LogP contribution in [0.2, 0.25) is 0 Å². The molecule has 34 heavy (non-hydrogen) atoms. The molecule has 3 aromatic heterocycles. The van der Waals surface area contributed by atoms with Gasteiger partial charge in [0.1, 0.15) is 0 Å². The minimum absolute atomic E-state index is 0.255. The molecular formula is C23H29N9OS. The second-order valence-corrected chi connectivity index (χ2v) is 10.3. The van der Waals surface area contributed by atoms with E-state index in [-0.39, 0.29) is 12.0 Å². The standard InChI is InChI=1S/C23H29N9OS/c24-21-26-10-14(11-27-21)18-20-19(29-23(28-18)32-16-2-1-3-17(32)5-4-16)15(13-34-20)12-30-6-8-31(9-7-30)22(25)33/h10-11,13,16-17H,1-9,12H2,(H2,25,33)(H2,24,26,27). The van der Waals surface area contributed by atoms with Gasteiger partial charge in [-0.25, -0.2) is 24.7 Å². The lowest BCUT2D eigenvalue weighted by Crippen LogP contribution is -2.50. The summed E-state index contributed by atoms with van der Waals surface area (Å²) in [5.41, 5.74) is 15.1. The van der Waals surface area contributed by atoms with Gasteiger partial charge in [-0.2, -0.15) is 0 Å². The largest absolute Gasteiger partial charge is 0.368 e. The second kappa shape index (κ2) is 8.62. The van der Waals surface area contributed by atoms with Crippen LogP contribution in [0.4, 0.5) is 16.7 Å². The molecule has 0 saturated carbocycles. The fourth-order valence-corrected chi connectivity index (χ4v) is 6.66. The highest BCUT2D eigenvalue weighted by Gasteiger charge is 2.38. The zero-order valence-corrected chi connectivity index (χ0v) is 19.9. The lowest BCUT2D eigenvalue weighted by Gasteiger charge is -2.35. The average molecular weight is 480 g/mol. The van der Waals surface area contributed by atoms with E-state index in [0.717, 1.165) is 47.1 Å². The number of anilines is 2. The number of urea groups is 1.